The average Bonchev–Trinajstić information content (AvgIpc) is 3.16. The Bertz CT molecular complexity index is 780. The van der Waals surface area contributed by atoms with Gasteiger partial charge in [-0.25, -0.2) is 0 Å². The number of anilines is 1. The Labute approximate surface area is 172 Å². The summed E-state index contributed by atoms with van der Waals surface area (Å²) < 4.78 is 11.7. The minimum Gasteiger partial charge on any atom is -0.423 e. The van der Waals surface area contributed by atoms with Gasteiger partial charge < -0.3 is 19.4 Å². The summed E-state index contributed by atoms with van der Waals surface area (Å²) >= 11 is 0. The summed E-state index contributed by atoms with van der Waals surface area (Å²) in [6.45, 7) is 10.3. The Morgan fingerprint density at radius 2 is 2.03 bits per heavy atom. The van der Waals surface area contributed by atoms with Gasteiger partial charge in [0, 0.05) is 45.2 Å². The van der Waals surface area contributed by atoms with E-state index in [0.717, 1.165) is 63.3 Å². The highest BCUT2D eigenvalue weighted by atomic mass is 16.5. The predicted octanol–water partition coefficient (Wildman–Crippen LogP) is 2.52. The summed E-state index contributed by atoms with van der Waals surface area (Å²) in [7, 11) is 0. The summed E-state index contributed by atoms with van der Waals surface area (Å²) in [5, 5.41) is 3.12. The van der Waals surface area contributed by atoms with Gasteiger partial charge in [-0.1, -0.05) is 26.0 Å². The fraction of sp³-hybridized carbons (Fsp3) is 0.636. The van der Waals surface area contributed by atoms with Gasteiger partial charge in [-0.15, -0.1) is 0 Å². The van der Waals surface area contributed by atoms with E-state index < -0.39 is 0 Å². The highest BCUT2D eigenvalue weighted by molar-refractivity contribution is 5.79. The smallest absolute Gasteiger partial charge is 0.298 e. The second kappa shape index (κ2) is 9.13. The molecule has 2 aromatic rings. The number of rotatable bonds is 6. The lowest BCUT2D eigenvalue weighted by Gasteiger charge is -2.34. The van der Waals surface area contributed by atoms with Gasteiger partial charge in [0.15, 0.2) is 5.58 Å². The van der Waals surface area contributed by atoms with Crippen LogP contribution in [0.4, 0.5) is 6.01 Å². The number of carbonyl (C=O) groups is 1. The number of carbonyl (C=O) groups excluding carboxylic acids is 1. The molecule has 2 fully saturated rings. The summed E-state index contributed by atoms with van der Waals surface area (Å²) in [6, 6.07) is 8.46. The highest BCUT2D eigenvalue weighted by Crippen LogP contribution is 2.26. The van der Waals surface area contributed by atoms with Crippen LogP contribution in [0.2, 0.25) is 0 Å². The van der Waals surface area contributed by atoms with Crippen molar-refractivity contribution < 1.29 is 13.9 Å². The summed E-state index contributed by atoms with van der Waals surface area (Å²) in [5.41, 5.74) is 1.68. The molecule has 1 aromatic heterocycles. The number of hydrogen-bond acceptors (Lipinski definition) is 6. The molecule has 0 aliphatic carbocycles. The van der Waals surface area contributed by atoms with Crippen LogP contribution < -0.4 is 10.2 Å². The molecule has 29 heavy (non-hydrogen) atoms. The third-order valence-electron chi connectivity index (χ3n) is 5.77. The van der Waals surface area contributed by atoms with Crippen molar-refractivity contribution in [2.24, 2.45) is 11.8 Å². The molecule has 0 spiro atoms. The van der Waals surface area contributed by atoms with E-state index in [1.54, 1.807) is 0 Å². The second-order valence-corrected chi connectivity index (χ2v) is 8.62. The molecule has 7 heteroatoms. The molecule has 2 aliphatic rings. The first-order chi connectivity index (χ1) is 14.1. The Hall–Kier alpha value is -2.12. The number of nitrogens with one attached hydrogen (secondary N) is 1. The van der Waals surface area contributed by atoms with Crippen LogP contribution in [0.25, 0.3) is 11.1 Å². The van der Waals surface area contributed by atoms with Crippen molar-refractivity contribution in [1.82, 2.24) is 15.2 Å². The number of aromatic nitrogens is 1. The molecular formula is C22H32N4O3. The zero-order valence-corrected chi connectivity index (χ0v) is 17.5. The molecule has 0 radical (unpaired) electrons. The molecule has 3 heterocycles. The number of piperidine rings is 1. The molecule has 1 aromatic carbocycles. The molecule has 4 rings (SSSR count). The number of nitrogens with zero attached hydrogens (tertiary/aromatic N) is 3. The Kier molecular flexibility index (Phi) is 6.35. The van der Waals surface area contributed by atoms with E-state index in [0.29, 0.717) is 18.5 Å². The number of oxazole rings is 1. The third-order valence-corrected chi connectivity index (χ3v) is 5.77. The fourth-order valence-electron chi connectivity index (χ4n) is 4.27. The van der Waals surface area contributed by atoms with E-state index in [1.165, 1.54) is 0 Å². The molecular weight excluding hydrogens is 368 g/mol. The van der Waals surface area contributed by atoms with Crippen LogP contribution in [-0.2, 0) is 9.53 Å². The molecule has 1 atom stereocenters. The first-order valence-corrected chi connectivity index (χ1v) is 10.8. The molecule has 7 nitrogen and oxygen atoms in total. The van der Waals surface area contributed by atoms with E-state index >= 15 is 0 Å². The van der Waals surface area contributed by atoms with E-state index in [-0.39, 0.29) is 17.9 Å². The van der Waals surface area contributed by atoms with Gasteiger partial charge in [0.25, 0.3) is 6.01 Å². The number of ether oxygens (including phenoxy) is 1. The summed E-state index contributed by atoms with van der Waals surface area (Å²) in [5.74, 6) is 0.840. The zero-order chi connectivity index (χ0) is 20.2. The van der Waals surface area contributed by atoms with Crippen LogP contribution in [0, 0.1) is 11.8 Å². The molecule has 0 bridgehead atoms. The van der Waals surface area contributed by atoms with Gasteiger partial charge in [-0.05, 0) is 30.9 Å². The van der Waals surface area contributed by atoms with Crippen molar-refractivity contribution >= 4 is 23.0 Å². The van der Waals surface area contributed by atoms with Crippen LogP contribution in [0.1, 0.15) is 26.7 Å². The number of hydrogen-bond donors (Lipinski definition) is 1. The van der Waals surface area contributed by atoms with Crippen LogP contribution in [0.15, 0.2) is 28.7 Å². The number of morpholine rings is 1. The van der Waals surface area contributed by atoms with Gasteiger partial charge in [0.05, 0.1) is 12.7 Å². The van der Waals surface area contributed by atoms with E-state index in [9.17, 15) is 4.79 Å². The predicted molar refractivity (Wildman–Crippen MR) is 113 cm³/mol. The number of amides is 1. The standard InChI is InChI=1S/C22H32N4O3/c1-16(2)14-25-11-12-28-18(15-25)13-23-21(27)17-7-9-26(10-8-17)22-24-19-5-3-4-6-20(19)29-22/h3-6,16-18H,7-15H2,1-2H3,(H,23,27). The van der Waals surface area contributed by atoms with Crippen LogP contribution >= 0.6 is 0 Å². The van der Waals surface area contributed by atoms with Gasteiger partial charge in [0.1, 0.15) is 5.52 Å². The molecule has 158 valence electrons. The Morgan fingerprint density at radius 3 is 2.79 bits per heavy atom. The van der Waals surface area contributed by atoms with Crippen LogP contribution in [0.3, 0.4) is 0 Å². The van der Waals surface area contributed by atoms with Gasteiger partial charge in [0.2, 0.25) is 5.91 Å². The average molecular weight is 401 g/mol. The lowest BCUT2D eigenvalue weighted by Crippen LogP contribution is -2.49. The van der Waals surface area contributed by atoms with E-state index in [1.807, 2.05) is 24.3 Å². The fourth-order valence-corrected chi connectivity index (χ4v) is 4.27. The van der Waals surface area contributed by atoms with Crippen LogP contribution in [0.5, 0.6) is 0 Å². The van der Waals surface area contributed by atoms with Crippen molar-refractivity contribution in [3.05, 3.63) is 24.3 Å². The van der Waals surface area contributed by atoms with Crippen LogP contribution in [-0.4, -0.2) is 67.8 Å². The molecule has 0 saturated carbocycles. The largest absolute Gasteiger partial charge is 0.423 e. The number of fused-ring (bicyclic) bond motifs is 1. The van der Waals surface area contributed by atoms with Crippen molar-refractivity contribution in [3.8, 4) is 0 Å². The highest BCUT2D eigenvalue weighted by Gasteiger charge is 2.28. The summed E-state index contributed by atoms with van der Waals surface area (Å²) in [4.78, 5) is 21.8. The zero-order valence-electron chi connectivity index (χ0n) is 17.5. The normalized spacial score (nSPS) is 21.8. The first kappa shape index (κ1) is 20.2. The Morgan fingerprint density at radius 1 is 1.24 bits per heavy atom. The second-order valence-electron chi connectivity index (χ2n) is 8.62. The maximum Gasteiger partial charge on any atom is 0.298 e. The molecule has 2 aliphatic heterocycles. The lowest BCUT2D eigenvalue weighted by atomic mass is 9.96. The summed E-state index contributed by atoms with van der Waals surface area (Å²) in [6.07, 6.45) is 1.72. The maximum absolute atomic E-state index is 12.6. The lowest BCUT2D eigenvalue weighted by molar-refractivity contribution is -0.126. The van der Waals surface area contributed by atoms with Crippen molar-refractivity contribution in [1.29, 1.82) is 0 Å². The Balaban J connectivity index is 1.23. The molecule has 2 saturated heterocycles. The minimum absolute atomic E-state index is 0.0472. The molecule has 1 N–H and O–H groups in total. The van der Waals surface area contributed by atoms with Gasteiger partial charge in [-0.3, -0.25) is 9.69 Å². The monoisotopic (exact) mass is 400 g/mol. The maximum atomic E-state index is 12.6. The molecule has 1 unspecified atom stereocenters. The first-order valence-electron chi connectivity index (χ1n) is 10.8. The number of benzene rings is 1. The van der Waals surface area contributed by atoms with Gasteiger partial charge >= 0.3 is 0 Å². The number of para-hydroxylation sites is 2. The van der Waals surface area contributed by atoms with Crippen molar-refractivity contribution in [2.45, 2.75) is 32.8 Å². The molecule has 1 amide bonds. The third kappa shape index (κ3) is 5.08. The van der Waals surface area contributed by atoms with Crippen molar-refractivity contribution in [2.75, 3.05) is 50.8 Å². The quantitative estimate of drug-likeness (QED) is 0.804. The topological polar surface area (TPSA) is 70.8 Å². The van der Waals surface area contributed by atoms with Crippen molar-refractivity contribution in [3.63, 3.8) is 0 Å². The minimum atomic E-state index is 0.0472. The van der Waals surface area contributed by atoms with E-state index in [2.05, 4.69) is 33.9 Å². The SMILES string of the molecule is CC(C)CN1CCOC(CNC(=O)C2CCN(c3nc4ccccc4o3)CC2)C1. The van der Waals surface area contributed by atoms with E-state index in [4.69, 9.17) is 9.15 Å². The van der Waals surface area contributed by atoms with Gasteiger partial charge in [-0.2, -0.15) is 4.98 Å².